The Balaban J connectivity index is 2.17. The van der Waals surface area contributed by atoms with Crippen LogP contribution >= 0.6 is 23.6 Å². The van der Waals surface area contributed by atoms with Gasteiger partial charge in [-0.15, -0.1) is 11.3 Å². The standard InChI is InChI=1S/C13H15N3S2/c1-2-10(11-4-3-7-18-11)16-12-8-9(13(14)17)5-6-15-12/h3-8,10H,2H2,1H3,(H2,14,17)(H,15,16). The van der Waals surface area contributed by atoms with Crippen molar-refractivity contribution in [2.45, 2.75) is 19.4 Å². The average Bonchev–Trinajstić information content (AvgIpc) is 2.90. The number of aromatic nitrogens is 1. The molecule has 3 nitrogen and oxygen atoms in total. The number of nitrogens with zero attached hydrogens (tertiary/aromatic N) is 1. The van der Waals surface area contributed by atoms with Gasteiger partial charge in [0.1, 0.15) is 10.8 Å². The van der Waals surface area contributed by atoms with Crippen LogP contribution in [0.3, 0.4) is 0 Å². The fourth-order valence-corrected chi connectivity index (χ4v) is 2.69. The molecule has 0 aromatic carbocycles. The Labute approximate surface area is 116 Å². The lowest BCUT2D eigenvalue weighted by Crippen LogP contribution is -2.12. The quantitative estimate of drug-likeness (QED) is 0.823. The molecule has 0 bridgehead atoms. The Bertz CT molecular complexity index is 523. The van der Waals surface area contributed by atoms with Crippen LogP contribution in [0.5, 0.6) is 0 Å². The lowest BCUT2D eigenvalue weighted by molar-refractivity contribution is 0.759. The van der Waals surface area contributed by atoms with E-state index in [9.17, 15) is 0 Å². The fraction of sp³-hybridized carbons (Fsp3) is 0.231. The summed E-state index contributed by atoms with van der Waals surface area (Å²) in [4.78, 5) is 6.00. The van der Waals surface area contributed by atoms with Crippen molar-refractivity contribution in [2.24, 2.45) is 5.73 Å². The number of hydrogen-bond donors (Lipinski definition) is 2. The van der Waals surface area contributed by atoms with Gasteiger partial charge in [-0.1, -0.05) is 25.2 Å². The van der Waals surface area contributed by atoms with Crippen LogP contribution in [0.2, 0.25) is 0 Å². The molecule has 2 heterocycles. The van der Waals surface area contributed by atoms with Crippen molar-refractivity contribution in [3.8, 4) is 0 Å². The molecule has 0 aliphatic carbocycles. The fourth-order valence-electron chi connectivity index (χ4n) is 1.71. The minimum Gasteiger partial charge on any atom is -0.389 e. The Morgan fingerprint density at radius 3 is 3.00 bits per heavy atom. The highest BCUT2D eigenvalue weighted by Crippen LogP contribution is 2.25. The Hall–Kier alpha value is -1.46. The van der Waals surface area contributed by atoms with Crippen LogP contribution < -0.4 is 11.1 Å². The second kappa shape index (κ2) is 5.93. The molecule has 2 aromatic heterocycles. The maximum absolute atomic E-state index is 5.62. The summed E-state index contributed by atoms with van der Waals surface area (Å²) in [6.45, 7) is 2.15. The van der Waals surface area contributed by atoms with Crippen LogP contribution in [0, 0.1) is 0 Å². The number of thiocarbonyl (C=S) groups is 1. The zero-order valence-electron chi connectivity index (χ0n) is 10.1. The van der Waals surface area contributed by atoms with Gasteiger partial charge < -0.3 is 11.1 Å². The van der Waals surface area contributed by atoms with E-state index in [-0.39, 0.29) is 6.04 Å². The van der Waals surface area contributed by atoms with E-state index in [2.05, 4.69) is 34.7 Å². The first-order valence-electron chi connectivity index (χ1n) is 5.76. The minimum atomic E-state index is 0.277. The molecule has 2 aromatic rings. The summed E-state index contributed by atoms with van der Waals surface area (Å²) in [5.74, 6) is 0.806. The molecule has 94 valence electrons. The first kappa shape index (κ1) is 13.0. The van der Waals surface area contributed by atoms with Crippen molar-refractivity contribution in [3.05, 3.63) is 46.3 Å². The molecular weight excluding hydrogens is 262 g/mol. The first-order chi connectivity index (χ1) is 8.70. The summed E-state index contributed by atoms with van der Waals surface area (Å²) >= 11 is 6.71. The summed E-state index contributed by atoms with van der Waals surface area (Å²) < 4.78 is 0. The lowest BCUT2D eigenvalue weighted by atomic mass is 10.2. The predicted molar refractivity (Wildman–Crippen MR) is 81.1 cm³/mol. The summed E-state index contributed by atoms with van der Waals surface area (Å²) in [6.07, 6.45) is 2.72. The summed E-state index contributed by atoms with van der Waals surface area (Å²) in [5, 5.41) is 5.49. The highest BCUT2D eigenvalue weighted by molar-refractivity contribution is 7.80. The van der Waals surface area contributed by atoms with E-state index < -0.39 is 0 Å². The van der Waals surface area contributed by atoms with Crippen LogP contribution in [0.15, 0.2) is 35.8 Å². The number of nitrogens with two attached hydrogens (primary N) is 1. The van der Waals surface area contributed by atoms with Gasteiger partial charge in [0.2, 0.25) is 0 Å². The Morgan fingerprint density at radius 1 is 1.56 bits per heavy atom. The molecule has 0 spiro atoms. The van der Waals surface area contributed by atoms with Crippen molar-refractivity contribution in [2.75, 3.05) is 5.32 Å². The van der Waals surface area contributed by atoms with Crippen molar-refractivity contribution >= 4 is 34.4 Å². The summed E-state index contributed by atoms with van der Waals surface area (Å²) in [5.41, 5.74) is 6.46. The van der Waals surface area contributed by atoms with Gasteiger partial charge in [-0.2, -0.15) is 0 Å². The third-order valence-corrected chi connectivity index (χ3v) is 3.88. The molecule has 0 saturated carbocycles. The Kier molecular flexibility index (Phi) is 4.28. The van der Waals surface area contributed by atoms with Gasteiger partial charge in [0.25, 0.3) is 0 Å². The number of rotatable bonds is 5. The van der Waals surface area contributed by atoms with Crippen LogP contribution in [0.4, 0.5) is 5.82 Å². The topological polar surface area (TPSA) is 50.9 Å². The smallest absolute Gasteiger partial charge is 0.127 e. The highest BCUT2D eigenvalue weighted by atomic mass is 32.1. The molecular formula is C13H15N3S2. The molecule has 5 heteroatoms. The van der Waals surface area contributed by atoms with Crippen molar-refractivity contribution < 1.29 is 0 Å². The number of thiophene rings is 1. The largest absolute Gasteiger partial charge is 0.389 e. The van der Waals surface area contributed by atoms with Crippen LogP contribution in [-0.4, -0.2) is 9.97 Å². The van der Waals surface area contributed by atoms with E-state index in [1.54, 1.807) is 17.5 Å². The maximum atomic E-state index is 5.62. The van der Waals surface area contributed by atoms with Crippen molar-refractivity contribution in [1.82, 2.24) is 4.98 Å². The van der Waals surface area contributed by atoms with E-state index in [0.29, 0.717) is 4.99 Å². The zero-order valence-corrected chi connectivity index (χ0v) is 11.7. The molecule has 0 radical (unpaired) electrons. The van der Waals surface area contributed by atoms with Crippen LogP contribution in [-0.2, 0) is 0 Å². The summed E-state index contributed by atoms with van der Waals surface area (Å²) in [7, 11) is 0. The van der Waals surface area contributed by atoms with Gasteiger partial charge >= 0.3 is 0 Å². The first-order valence-corrected chi connectivity index (χ1v) is 7.05. The SMILES string of the molecule is CCC(Nc1cc(C(N)=S)ccn1)c1cccs1. The normalized spacial score (nSPS) is 12.1. The van der Waals surface area contributed by atoms with Crippen molar-refractivity contribution in [3.63, 3.8) is 0 Å². The third-order valence-electron chi connectivity index (χ3n) is 2.66. The van der Waals surface area contributed by atoms with Gasteiger partial charge in [-0.3, -0.25) is 0 Å². The van der Waals surface area contributed by atoms with Gasteiger partial charge in [0, 0.05) is 16.6 Å². The maximum Gasteiger partial charge on any atom is 0.127 e. The van der Waals surface area contributed by atoms with Gasteiger partial charge in [-0.25, -0.2) is 4.98 Å². The molecule has 0 fully saturated rings. The molecule has 3 N–H and O–H groups in total. The van der Waals surface area contributed by atoms with E-state index in [1.165, 1.54) is 4.88 Å². The van der Waals surface area contributed by atoms with E-state index in [4.69, 9.17) is 18.0 Å². The van der Waals surface area contributed by atoms with Crippen LogP contribution in [0.25, 0.3) is 0 Å². The molecule has 0 saturated heterocycles. The average molecular weight is 277 g/mol. The van der Waals surface area contributed by atoms with Gasteiger partial charge in [-0.05, 0) is 30.0 Å². The zero-order chi connectivity index (χ0) is 13.0. The number of pyridine rings is 1. The van der Waals surface area contributed by atoms with E-state index in [1.807, 2.05) is 12.1 Å². The lowest BCUT2D eigenvalue weighted by Gasteiger charge is -2.16. The molecule has 1 unspecified atom stereocenters. The molecule has 18 heavy (non-hydrogen) atoms. The molecule has 0 amide bonds. The third kappa shape index (κ3) is 3.05. The van der Waals surface area contributed by atoms with Gasteiger partial charge in [0.05, 0.1) is 6.04 Å². The monoisotopic (exact) mass is 277 g/mol. The molecule has 0 aliphatic rings. The number of nitrogens with one attached hydrogen (secondary N) is 1. The predicted octanol–water partition coefficient (Wildman–Crippen LogP) is 3.34. The molecule has 1 atom stereocenters. The van der Waals surface area contributed by atoms with Crippen molar-refractivity contribution in [1.29, 1.82) is 0 Å². The van der Waals surface area contributed by atoms with E-state index >= 15 is 0 Å². The second-order valence-corrected chi connectivity index (χ2v) is 5.33. The highest BCUT2D eigenvalue weighted by Gasteiger charge is 2.11. The second-order valence-electron chi connectivity index (χ2n) is 3.91. The number of hydrogen-bond acceptors (Lipinski definition) is 4. The van der Waals surface area contributed by atoms with Crippen LogP contribution in [0.1, 0.15) is 29.8 Å². The number of anilines is 1. The minimum absolute atomic E-state index is 0.277. The summed E-state index contributed by atoms with van der Waals surface area (Å²) in [6, 6.07) is 8.17. The van der Waals surface area contributed by atoms with Gasteiger partial charge in [0.15, 0.2) is 0 Å². The molecule has 2 rings (SSSR count). The molecule has 0 aliphatic heterocycles. The Morgan fingerprint density at radius 2 is 2.39 bits per heavy atom. The van der Waals surface area contributed by atoms with E-state index in [0.717, 1.165) is 17.8 Å².